The minimum absolute atomic E-state index is 0.104. The predicted octanol–water partition coefficient (Wildman–Crippen LogP) is 1.80. The number of esters is 1. The average molecular weight is 378 g/mol. The van der Waals surface area contributed by atoms with E-state index in [4.69, 9.17) is 0 Å². The van der Waals surface area contributed by atoms with Crippen LogP contribution in [-0.2, 0) is 14.3 Å². The summed E-state index contributed by atoms with van der Waals surface area (Å²) in [5.41, 5.74) is 0.104. The molecule has 0 heterocycles. The SMILES string of the molecule is CC(C)[C@H](NC(=O)c1ccc(F)cc1)C(=O)OCC(=O)NCC(F)(F)F. The van der Waals surface area contributed by atoms with Crippen molar-refractivity contribution in [1.29, 1.82) is 0 Å². The fourth-order valence-electron chi connectivity index (χ4n) is 1.80. The van der Waals surface area contributed by atoms with Gasteiger partial charge in [0.2, 0.25) is 0 Å². The van der Waals surface area contributed by atoms with Crippen molar-refractivity contribution in [2.45, 2.75) is 26.1 Å². The van der Waals surface area contributed by atoms with Gasteiger partial charge in [-0.3, -0.25) is 9.59 Å². The van der Waals surface area contributed by atoms with Crippen molar-refractivity contribution in [3.05, 3.63) is 35.6 Å². The van der Waals surface area contributed by atoms with Gasteiger partial charge >= 0.3 is 12.1 Å². The van der Waals surface area contributed by atoms with Gasteiger partial charge in [-0.2, -0.15) is 13.2 Å². The summed E-state index contributed by atoms with van der Waals surface area (Å²) in [6.07, 6.45) is -4.58. The summed E-state index contributed by atoms with van der Waals surface area (Å²) >= 11 is 0. The molecule has 0 aliphatic rings. The van der Waals surface area contributed by atoms with Crippen LogP contribution in [0.1, 0.15) is 24.2 Å². The molecule has 0 radical (unpaired) electrons. The number of carbonyl (C=O) groups is 3. The number of hydrogen-bond acceptors (Lipinski definition) is 4. The predicted molar refractivity (Wildman–Crippen MR) is 82.5 cm³/mol. The molecule has 1 atom stereocenters. The lowest BCUT2D eigenvalue weighted by Gasteiger charge is -2.20. The topological polar surface area (TPSA) is 84.5 Å². The summed E-state index contributed by atoms with van der Waals surface area (Å²) in [6, 6.07) is 3.45. The monoisotopic (exact) mass is 378 g/mol. The van der Waals surface area contributed by atoms with E-state index in [-0.39, 0.29) is 5.56 Å². The maximum Gasteiger partial charge on any atom is 0.405 e. The zero-order chi connectivity index (χ0) is 19.9. The molecule has 1 rings (SSSR count). The number of benzene rings is 1. The Bertz CT molecular complexity index is 645. The largest absolute Gasteiger partial charge is 0.454 e. The molecule has 6 nitrogen and oxygen atoms in total. The Kier molecular flexibility index (Phi) is 7.54. The van der Waals surface area contributed by atoms with Crippen LogP contribution in [0.5, 0.6) is 0 Å². The van der Waals surface area contributed by atoms with Crippen molar-refractivity contribution >= 4 is 17.8 Å². The van der Waals surface area contributed by atoms with E-state index in [1.165, 1.54) is 12.1 Å². The maximum absolute atomic E-state index is 12.9. The average Bonchev–Trinajstić information content (AvgIpc) is 2.55. The first-order valence-corrected chi connectivity index (χ1v) is 7.56. The third-order valence-electron chi connectivity index (χ3n) is 3.15. The van der Waals surface area contributed by atoms with Gasteiger partial charge in [0.15, 0.2) is 6.61 Å². The normalized spacial score (nSPS) is 12.4. The van der Waals surface area contributed by atoms with Gasteiger partial charge in [0.1, 0.15) is 18.4 Å². The Morgan fingerprint density at radius 3 is 2.19 bits per heavy atom. The van der Waals surface area contributed by atoms with E-state index in [0.29, 0.717) is 0 Å². The fourth-order valence-corrected chi connectivity index (χ4v) is 1.80. The van der Waals surface area contributed by atoms with Gasteiger partial charge in [-0.25, -0.2) is 9.18 Å². The van der Waals surface area contributed by atoms with Crippen LogP contribution in [0.4, 0.5) is 17.6 Å². The van der Waals surface area contributed by atoms with Gasteiger partial charge < -0.3 is 15.4 Å². The molecule has 0 saturated carbocycles. The quantitative estimate of drug-likeness (QED) is 0.560. The standard InChI is InChI=1S/C16H18F4N2O4/c1-9(2)13(22-14(24)10-3-5-11(17)6-4-10)15(25)26-7-12(23)21-8-16(18,19)20/h3-6,9,13H,7-8H2,1-2H3,(H,21,23)(H,22,24)/t13-/m0/s1. The zero-order valence-corrected chi connectivity index (χ0v) is 14.0. The fraction of sp³-hybridized carbons (Fsp3) is 0.438. The van der Waals surface area contributed by atoms with Crippen LogP contribution in [-0.4, -0.2) is 43.2 Å². The van der Waals surface area contributed by atoms with Crippen LogP contribution in [0.3, 0.4) is 0 Å². The summed E-state index contributed by atoms with van der Waals surface area (Å²) in [5.74, 6) is -3.72. The molecule has 0 saturated heterocycles. The van der Waals surface area contributed by atoms with Crippen molar-refractivity contribution in [2.24, 2.45) is 5.92 Å². The molecular weight excluding hydrogens is 360 g/mol. The summed E-state index contributed by atoms with van der Waals surface area (Å²) in [5, 5.41) is 3.94. The molecule has 0 aliphatic heterocycles. The smallest absolute Gasteiger partial charge is 0.405 e. The Hall–Kier alpha value is -2.65. The zero-order valence-electron chi connectivity index (χ0n) is 14.0. The first-order valence-electron chi connectivity index (χ1n) is 7.56. The van der Waals surface area contributed by atoms with Crippen LogP contribution in [0, 0.1) is 11.7 Å². The van der Waals surface area contributed by atoms with Crippen molar-refractivity contribution in [3.63, 3.8) is 0 Å². The van der Waals surface area contributed by atoms with E-state index in [0.717, 1.165) is 12.1 Å². The molecule has 0 aromatic heterocycles. The minimum atomic E-state index is -4.58. The lowest BCUT2D eigenvalue weighted by atomic mass is 10.0. The van der Waals surface area contributed by atoms with Crippen molar-refractivity contribution < 1.29 is 36.7 Å². The molecule has 2 N–H and O–H groups in total. The Morgan fingerprint density at radius 1 is 1.12 bits per heavy atom. The second kappa shape index (κ2) is 9.16. The van der Waals surface area contributed by atoms with E-state index in [2.05, 4.69) is 10.1 Å². The molecule has 1 aromatic carbocycles. The second-order valence-electron chi connectivity index (χ2n) is 5.70. The minimum Gasteiger partial charge on any atom is -0.454 e. The van der Waals surface area contributed by atoms with Gasteiger partial charge in [-0.15, -0.1) is 0 Å². The Morgan fingerprint density at radius 2 is 1.69 bits per heavy atom. The summed E-state index contributed by atoms with van der Waals surface area (Å²) in [4.78, 5) is 35.3. The van der Waals surface area contributed by atoms with Crippen molar-refractivity contribution in [2.75, 3.05) is 13.2 Å². The highest BCUT2D eigenvalue weighted by Crippen LogP contribution is 2.12. The van der Waals surface area contributed by atoms with Gasteiger partial charge in [0.25, 0.3) is 11.8 Å². The van der Waals surface area contributed by atoms with Crippen molar-refractivity contribution in [3.8, 4) is 0 Å². The van der Waals surface area contributed by atoms with Gasteiger partial charge in [0.05, 0.1) is 0 Å². The maximum atomic E-state index is 12.9. The Balaban J connectivity index is 2.60. The van der Waals surface area contributed by atoms with Crippen LogP contribution >= 0.6 is 0 Å². The molecule has 10 heteroatoms. The molecular formula is C16H18F4N2O4. The van der Waals surface area contributed by atoms with Crippen LogP contribution in [0.2, 0.25) is 0 Å². The molecule has 144 valence electrons. The van der Waals surface area contributed by atoms with Crippen LogP contribution in [0.15, 0.2) is 24.3 Å². The summed E-state index contributed by atoms with van der Waals surface area (Å²) in [7, 11) is 0. The first kappa shape index (κ1) is 21.4. The van der Waals surface area contributed by atoms with E-state index in [9.17, 15) is 31.9 Å². The number of rotatable bonds is 7. The summed E-state index contributed by atoms with van der Waals surface area (Å²) < 4.78 is 53.5. The lowest BCUT2D eigenvalue weighted by molar-refractivity contribution is -0.153. The van der Waals surface area contributed by atoms with Gasteiger partial charge in [-0.1, -0.05) is 13.8 Å². The third-order valence-corrected chi connectivity index (χ3v) is 3.15. The highest BCUT2D eigenvalue weighted by Gasteiger charge is 2.29. The number of alkyl halides is 3. The molecule has 0 aliphatic carbocycles. The number of carbonyl (C=O) groups excluding carboxylic acids is 3. The van der Waals surface area contributed by atoms with E-state index >= 15 is 0 Å². The van der Waals surface area contributed by atoms with Crippen LogP contribution in [0.25, 0.3) is 0 Å². The number of nitrogens with one attached hydrogen (secondary N) is 2. The first-order chi connectivity index (χ1) is 12.0. The highest BCUT2D eigenvalue weighted by atomic mass is 19.4. The van der Waals surface area contributed by atoms with Crippen LogP contribution < -0.4 is 10.6 Å². The molecule has 0 unspecified atom stereocenters. The molecule has 1 aromatic rings. The van der Waals surface area contributed by atoms with Gasteiger partial charge in [0, 0.05) is 5.56 Å². The van der Waals surface area contributed by atoms with E-state index in [1.807, 2.05) is 0 Å². The third kappa shape index (κ3) is 7.49. The summed E-state index contributed by atoms with van der Waals surface area (Å²) in [6.45, 7) is 0.740. The molecule has 0 spiro atoms. The number of hydrogen-bond donors (Lipinski definition) is 2. The number of halogens is 4. The number of ether oxygens (including phenoxy) is 1. The molecule has 26 heavy (non-hydrogen) atoms. The van der Waals surface area contributed by atoms with Crippen molar-refractivity contribution in [1.82, 2.24) is 10.6 Å². The second-order valence-corrected chi connectivity index (χ2v) is 5.70. The lowest BCUT2D eigenvalue weighted by Crippen LogP contribution is -2.46. The van der Waals surface area contributed by atoms with Gasteiger partial charge in [-0.05, 0) is 30.2 Å². The van der Waals surface area contributed by atoms with E-state index in [1.54, 1.807) is 19.2 Å². The highest BCUT2D eigenvalue weighted by molar-refractivity contribution is 5.97. The molecule has 0 bridgehead atoms. The number of amides is 2. The molecule has 2 amide bonds. The Labute approximate surface area is 146 Å². The van der Waals surface area contributed by atoms with E-state index < -0.39 is 54.9 Å². The molecule has 0 fully saturated rings.